The van der Waals surface area contributed by atoms with E-state index in [0.29, 0.717) is 0 Å². The lowest BCUT2D eigenvalue weighted by molar-refractivity contribution is 0.155. The van der Waals surface area contributed by atoms with Crippen LogP contribution >= 0.6 is 0 Å². The molecule has 1 heteroatoms. The normalized spacial score (nSPS) is 25.3. The fourth-order valence-corrected chi connectivity index (χ4v) is 6.80. The summed E-state index contributed by atoms with van der Waals surface area (Å²) < 4.78 is 0. The topological polar surface area (TPSA) is 20.2 Å². The van der Waals surface area contributed by atoms with E-state index in [0.717, 1.165) is 34.8 Å². The zero-order chi connectivity index (χ0) is 23.9. The molecule has 2 saturated carbocycles. The van der Waals surface area contributed by atoms with Crippen LogP contribution in [0, 0.1) is 24.7 Å². The van der Waals surface area contributed by atoms with Crippen LogP contribution < -0.4 is 0 Å². The maximum absolute atomic E-state index is 9.31. The molecule has 0 bridgehead atoms. The van der Waals surface area contributed by atoms with E-state index in [1.165, 1.54) is 93.7 Å². The maximum atomic E-state index is 9.31. The van der Waals surface area contributed by atoms with E-state index < -0.39 is 0 Å². The van der Waals surface area contributed by atoms with Gasteiger partial charge in [-0.25, -0.2) is 0 Å². The minimum atomic E-state index is 0.00955. The summed E-state index contributed by atoms with van der Waals surface area (Å²) in [5.74, 6) is 3.77. The molecule has 2 aliphatic carbocycles. The number of aliphatic hydroxyl groups excluding tert-OH is 1. The summed E-state index contributed by atoms with van der Waals surface area (Å²) in [6.45, 7) is 8.51. The summed E-state index contributed by atoms with van der Waals surface area (Å²) in [5.41, 5.74) is 7.26. The largest absolute Gasteiger partial charge is 0.392 e. The van der Waals surface area contributed by atoms with Crippen molar-refractivity contribution in [2.45, 2.75) is 96.8 Å². The van der Waals surface area contributed by atoms with E-state index >= 15 is 0 Å². The molecule has 4 rings (SSSR count). The molecule has 0 heterocycles. The molecule has 2 aliphatic rings. The predicted molar refractivity (Wildman–Crippen MR) is 147 cm³/mol. The van der Waals surface area contributed by atoms with E-state index in [4.69, 9.17) is 0 Å². The first-order valence-electron chi connectivity index (χ1n) is 14.1. The van der Waals surface area contributed by atoms with Crippen LogP contribution in [-0.2, 0) is 0 Å². The second-order valence-corrected chi connectivity index (χ2v) is 11.3. The molecule has 0 amide bonds. The SMILES string of the molecule is C=C(CO)c1ccc(-c2ccc(C3CCC(C4CCC(CCCCC)CC4)CC3)cc2C)cc1. The average Bonchev–Trinajstić information content (AvgIpc) is 2.89. The summed E-state index contributed by atoms with van der Waals surface area (Å²) in [5, 5.41) is 9.31. The van der Waals surface area contributed by atoms with Gasteiger partial charge in [-0.05, 0) is 103 Å². The van der Waals surface area contributed by atoms with Crippen molar-refractivity contribution in [1.82, 2.24) is 0 Å². The molecule has 1 N–H and O–H groups in total. The fourth-order valence-electron chi connectivity index (χ4n) is 6.80. The van der Waals surface area contributed by atoms with Gasteiger partial charge in [0.1, 0.15) is 0 Å². The first-order valence-corrected chi connectivity index (χ1v) is 14.1. The van der Waals surface area contributed by atoms with Crippen LogP contribution in [0.25, 0.3) is 16.7 Å². The van der Waals surface area contributed by atoms with Crippen LogP contribution in [0.15, 0.2) is 49.0 Å². The van der Waals surface area contributed by atoms with E-state index in [1.807, 2.05) is 0 Å². The fraction of sp³-hybridized carbons (Fsp3) is 0.576. The van der Waals surface area contributed by atoms with Gasteiger partial charge in [0.05, 0.1) is 6.61 Å². The second kappa shape index (κ2) is 12.2. The number of benzene rings is 2. The van der Waals surface area contributed by atoms with Gasteiger partial charge in [0.2, 0.25) is 0 Å². The van der Waals surface area contributed by atoms with Crippen molar-refractivity contribution in [3.63, 3.8) is 0 Å². The Hall–Kier alpha value is -1.86. The van der Waals surface area contributed by atoms with Crippen molar-refractivity contribution >= 4 is 5.57 Å². The molecular formula is C33H46O. The molecule has 2 aromatic rings. The first-order chi connectivity index (χ1) is 16.6. The van der Waals surface area contributed by atoms with Crippen LogP contribution in [0.4, 0.5) is 0 Å². The molecule has 0 atom stereocenters. The molecule has 2 aromatic carbocycles. The first kappa shape index (κ1) is 25.2. The molecule has 0 unspecified atom stereocenters. The summed E-state index contributed by atoms with van der Waals surface area (Å²) in [4.78, 5) is 0. The van der Waals surface area contributed by atoms with Gasteiger partial charge in [0.25, 0.3) is 0 Å². The van der Waals surface area contributed by atoms with Gasteiger partial charge in [0, 0.05) is 0 Å². The van der Waals surface area contributed by atoms with Gasteiger partial charge >= 0.3 is 0 Å². The molecule has 34 heavy (non-hydrogen) atoms. The Morgan fingerprint density at radius 1 is 0.853 bits per heavy atom. The second-order valence-electron chi connectivity index (χ2n) is 11.3. The monoisotopic (exact) mass is 458 g/mol. The number of aryl methyl sites for hydroxylation is 1. The minimum Gasteiger partial charge on any atom is -0.392 e. The number of rotatable bonds is 9. The van der Waals surface area contributed by atoms with Crippen LogP contribution in [-0.4, -0.2) is 11.7 Å². The maximum Gasteiger partial charge on any atom is 0.0681 e. The van der Waals surface area contributed by atoms with Crippen molar-refractivity contribution < 1.29 is 5.11 Å². The molecule has 1 nitrogen and oxygen atoms in total. The van der Waals surface area contributed by atoms with E-state index in [2.05, 4.69) is 62.9 Å². The number of hydrogen-bond acceptors (Lipinski definition) is 1. The molecule has 0 radical (unpaired) electrons. The molecule has 184 valence electrons. The van der Waals surface area contributed by atoms with Gasteiger partial charge in [0.15, 0.2) is 0 Å². The lowest BCUT2D eigenvalue weighted by Gasteiger charge is -2.38. The van der Waals surface area contributed by atoms with Crippen LogP contribution in [0.5, 0.6) is 0 Å². The molecule has 0 aliphatic heterocycles. The third-order valence-corrected chi connectivity index (χ3v) is 9.06. The van der Waals surface area contributed by atoms with E-state index in [1.54, 1.807) is 5.56 Å². The Morgan fingerprint density at radius 3 is 2.09 bits per heavy atom. The quantitative estimate of drug-likeness (QED) is 0.371. The molecular weight excluding hydrogens is 412 g/mol. The Kier molecular flexibility index (Phi) is 9.06. The van der Waals surface area contributed by atoms with Crippen molar-refractivity contribution in [1.29, 1.82) is 0 Å². The Balaban J connectivity index is 1.29. The van der Waals surface area contributed by atoms with Gasteiger partial charge < -0.3 is 5.11 Å². The summed E-state index contributed by atoms with van der Waals surface area (Å²) in [6, 6.07) is 15.6. The van der Waals surface area contributed by atoms with Crippen LogP contribution in [0.2, 0.25) is 0 Å². The highest BCUT2D eigenvalue weighted by Crippen LogP contribution is 2.45. The average molecular weight is 459 g/mol. The highest BCUT2D eigenvalue weighted by molar-refractivity contribution is 5.71. The highest BCUT2D eigenvalue weighted by Gasteiger charge is 2.31. The summed E-state index contributed by atoms with van der Waals surface area (Å²) in [7, 11) is 0. The van der Waals surface area contributed by atoms with E-state index in [-0.39, 0.29) is 6.61 Å². The van der Waals surface area contributed by atoms with Gasteiger partial charge in [-0.2, -0.15) is 0 Å². The van der Waals surface area contributed by atoms with Crippen LogP contribution in [0.1, 0.15) is 107 Å². The lowest BCUT2D eigenvalue weighted by Crippen LogP contribution is -2.25. The predicted octanol–water partition coefficient (Wildman–Crippen LogP) is 9.33. The van der Waals surface area contributed by atoms with Crippen molar-refractivity contribution in [2.24, 2.45) is 17.8 Å². The molecule has 0 saturated heterocycles. The Bertz CT molecular complexity index is 908. The van der Waals surface area contributed by atoms with Crippen molar-refractivity contribution in [3.8, 4) is 11.1 Å². The van der Waals surface area contributed by atoms with Gasteiger partial charge in [-0.15, -0.1) is 0 Å². The van der Waals surface area contributed by atoms with Gasteiger partial charge in [-0.3, -0.25) is 0 Å². The number of unbranched alkanes of at least 4 members (excludes halogenated alkanes) is 2. The summed E-state index contributed by atoms with van der Waals surface area (Å²) in [6.07, 6.45) is 17.4. The number of aliphatic hydroxyl groups is 1. The smallest absolute Gasteiger partial charge is 0.0681 e. The molecule has 0 aromatic heterocycles. The number of hydrogen-bond donors (Lipinski definition) is 1. The van der Waals surface area contributed by atoms with Crippen molar-refractivity contribution in [2.75, 3.05) is 6.61 Å². The standard InChI is InChI=1S/C33H46O/c1-4-5-6-7-26-8-10-28(11-9-26)29-14-16-30(17-15-29)32-20-21-33(24(2)22-32)31-18-12-27(13-19-31)25(3)23-34/h12-13,18-22,26,28-30,34H,3-11,14-17,23H2,1-2H3. The zero-order valence-electron chi connectivity index (χ0n) is 21.7. The zero-order valence-corrected chi connectivity index (χ0v) is 21.7. The van der Waals surface area contributed by atoms with Crippen molar-refractivity contribution in [3.05, 3.63) is 65.7 Å². The summed E-state index contributed by atoms with van der Waals surface area (Å²) >= 11 is 0. The lowest BCUT2D eigenvalue weighted by atomic mass is 9.68. The van der Waals surface area contributed by atoms with E-state index in [9.17, 15) is 5.11 Å². The third-order valence-electron chi connectivity index (χ3n) is 9.06. The highest BCUT2D eigenvalue weighted by atomic mass is 16.3. The Labute approximate surface area is 208 Å². The van der Waals surface area contributed by atoms with Crippen LogP contribution in [0.3, 0.4) is 0 Å². The minimum absolute atomic E-state index is 0.00955. The Morgan fingerprint density at radius 2 is 1.50 bits per heavy atom. The molecule has 0 spiro atoms. The third kappa shape index (κ3) is 6.22. The molecule has 2 fully saturated rings. The van der Waals surface area contributed by atoms with Gasteiger partial charge in [-0.1, -0.05) is 94.5 Å².